The Kier molecular flexibility index (Phi) is 2.37. The number of H-pyrrole nitrogens is 1. The minimum absolute atomic E-state index is 0.662. The Morgan fingerprint density at radius 1 is 0.913 bits per heavy atom. The molecule has 0 atom stereocenters. The van der Waals surface area contributed by atoms with E-state index in [2.05, 4.69) is 30.6 Å². The van der Waals surface area contributed by atoms with Gasteiger partial charge < -0.3 is 10.3 Å². The summed E-state index contributed by atoms with van der Waals surface area (Å²) in [5.41, 5.74) is 4.88. The normalized spacial score (nSPS) is 11.5. The standard InChI is InChI=1S/C16H10N6O/c1-2-5-10-9(4-1)13-15(19-10)16(18-8-17-13)20-11-6-3-7-12-14(11)22-23-21-12/h1-8,19H,(H,17,18,20). The number of para-hydroxylation sites is 1. The Morgan fingerprint density at radius 2 is 1.87 bits per heavy atom. The summed E-state index contributed by atoms with van der Waals surface area (Å²) in [6, 6.07) is 13.7. The maximum absolute atomic E-state index is 4.80. The Balaban J connectivity index is 1.72. The van der Waals surface area contributed by atoms with Crippen molar-refractivity contribution in [2.24, 2.45) is 0 Å². The predicted octanol–water partition coefficient (Wildman–Crippen LogP) is 3.39. The second-order valence-corrected chi connectivity index (χ2v) is 5.18. The third-order valence-corrected chi connectivity index (χ3v) is 3.83. The Bertz CT molecular complexity index is 1160. The maximum Gasteiger partial charge on any atom is 0.158 e. The number of nitrogens with zero attached hydrogens (tertiary/aromatic N) is 4. The second-order valence-electron chi connectivity index (χ2n) is 5.18. The molecule has 0 unspecified atom stereocenters. The van der Waals surface area contributed by atoms with Gasteiger partial charge in [0, 0.05) is 10.9 Å². The van der Waals surface area contributed by atoms with Gasteiger partial charge in [-0.15, -0.1) is 0 Å². The number of fused-ring (bicyclic) bond motifs is 4. The molecule has 5 rings (SSSR count). The van der Waals surface area contributed by atoms with Gasteiger partial charge in [0.25, 0.3) is 0 Å². The number of hydrogen-bond acceptors (Lipinski definition) is 6. The van der Waals surface area contributed by atoms with Crippen molar-refractivity contribution < 1.29 is 4.63 Å². The van der Waals surface area contributed by atoms with Gasteiger partial charge >= 0.3 is 0 Å². The van der Waals surface area contributed by atoms with E-state index in [1.807, 2.05) is 42.5 Å². The number of hydrogen-bond donors (Lipinski definition) is 2. The summed E-state index contributed by atoms with van der Waals surface area (Å²) in [7, 11) is 0. The monoisotopic (exact) mass is 302 g/mol. The minimum atomic E-state index is 0.662. The number of aromatic nitrogens is 5. The first-order valence-corrected chi connectivity index (χ1v) is 7.10. The van der Waals surface area contributed by atoms with Gasteiger partial charge in [-0.2, -0.15) is 0 Å². The zero-order valence-corrected chi connectivity index (χ0v) is 11.8. The van der Waals surface area contributed by atoms with Crippen LogP contribution >= 0.6 is 0 Å². The van der Waals surface area contributed by atoms with Gasteiger partial charge in [-0.25, -0.2) is 14.6 Å². The van der Waals surface area contributed by atoms with Gasteiger partial charge in [-0.3, -0.25) is 0 Å². The number of aromatic amines is 1. The van der Waals surface area contributed by atoms with Crippen molar-refractivity contribution in [3.8, 4) is 0 Å². The highest BCUT2D eigenvalue weighted by atomic mass is 16.6. The van der Waals surface area contributed by atoms with Gasteiger partial charge in [0.1, 0.15) is 22.9 Å². The number of rotatable bonds is 2. The lowest BCUT2D eigenvalue weighted by Crippen LogP contribution is -1.96. The lowest BCUT2D eigenvalue weighted by molar-refractivity contribution is 0.315. The SMILES string of the molecule is c1cc(Nc2ncnc3c2[nH]c2ccccc23)c2nonc2c1. The van der Waals surface area contributed by atoms with Crippen LogP contribution in [-0.2, 0) is 0 Å². The number of benzene rings is 2. The molecule has 2 N–H and O–H groups in total. The average Bonchev–Trinajstić information content (AvgIpc) is 3.20. The van der Waals surface area contributed by atoms with Crippen molar-refractivity contribution in [2.75, 3.05) is 5.32 Å². The predicted molar refractivity (Wildman–Crippen MR) is 86.5 cm³/mol. The third kappa shape index (κ3) is 1.76. The van der Waals surface area contributed by atoms with Crippen molar-refractivity contribution in [1.29, 1.82) is 0 Å². The highest BCUT2D eigenvalue weighted by Gasteiger charge is 2.12. The Morgan fingerprint density at radius 3 is 2.87 bits per heavy atom. The molecule has 0 fully saturated rings. The summed E-state index contributed by atoms with van der Waals surface area (Å²) >= 11 is 0. The summed E-state index contributed by atoms with van der Waals surface area (Å²) in [4.78, 5) is 12.1. The van der Waals surface area contributed by atoms with Crippen molar-refractivity contribution in [3.63, 3.8) is 0 Å². The van der Waals surface area contributed by atoms with Crippen LogP contribution in [0.5, 0.6) is 0 Å². The molecule has 3 heterocycles. The lowest BCUT2D eigenvalue weighted by atomic mass is 10.2. The lowest BCUT2D eigenvalue weighted by Gasteiger charge is -2.05. The van der Waals surface area contributed by atoms with Crippen LogP contribution in [0.3, 0.4) is 0 Å². The van der Waals surface area contributed by atoms with Crippen LogP contribution in [0.15, 0.2) is 53.4 Å². The number of anilines is 2. The smallest absolute Gasteiger partial charge is 0.158 e. The van der Waals surface area contributed by atoms with Gasteiger partial charge in [0.05, 0.1) is 5.69 Å². The van der Waals surface area contributed by atoms with Crippen LogP contribution in [0.25, 0.3) is 33.0 Å². The van der Waals surface area contributed by atoms with E-state index in [4.69, 9.17) is 4.63 Å². The second kappa shape index (κ2) is 4.51. The van der Waals surface area contributed by atoms with Crippen LogP contribution < -0.4 is 5.32 Å². The van der Waals surface area contributed by atoms with E-state index in [9.17, 15) is 0 Å². The van der Waals surface area contributed by atoms with Gasteiger partial charge in [-0.1, -0.05) is 24.3 Å². The zero-order valence-electron chi connectivity index (χ0n) is 11.8. The highest BCUT2D eigenvalue weighted by Crippen LogP contribution is 2.30. The molecule has 0 aliphatic carbocycles. The summed E-state index contributed by atoms with van der Waals surface area (Å²) in [5.74, 6) is 0.682. The molecular weight excluding hydrogens is 292 g/mol. The molecule has 0 radical (unpaired) electrons. The number of nitrogens with one attached hydrogen (secondary N) is 2. The van der Waals surface area contributed by atoms with Gasteiger partial charge in [-0.05, 0) is 28.5 Å². The van der Waals surface area contributed by atoms with Gasteiger partial charge in [0.15, 0.2) is 11.3 Å². The molecule has 0 bridgehead atoms. The Hall–Kier alpha value is -3.48. The largest absolute Gasteiger partial charge is 0.350 e. The average molecular weight is 302 g/mol. The van der Waals surface area contributed by atoms with E-state index < -0.39 is 0 Å². The molecule has 0 saturated carbocycles. The summed E-state index contributed by atoms with van der Waals surface area (Å²) in [6.45, 7) is 0. The molecule has 0 aliphatic heterocycles. The fourth-order valence-electron chi connectivity index (χ4n) is 2.77. The molecule has 2 aromatic carbocycles. The minimum Gasteiger partial charge on any atom is -0.350 e. The molecule has 3 aromatic heterocycles. The van der Waals surface area contributed by atoms with Crippen molar-refractivity contribution in [3.05, 3.63) is 48.8 Å². The molecule has 0 aliphatic rings. The summed E-state index contributed by atoms with van der Waals surface area (Å²) in [6.07, 6.45) is 1.55. The van der Waals surface area contributed by atoms with Crippen molar-refractivity contribution >= 4 is 44.5 Å². The molecule has 5 aromatic rings. The summed E-state index contributed by atoms with van der Waals surface area (Å²) in [5, 5.41) is 12.1. The molecule has 110 valence electrons. The van der Waals surface area contributed by atoms with E-state index in [1.54, 1.807) is 6.33 Å². The topological polar surface area (TPSA) is 92.5 Å². The van der Waals surface area contributed by atoms with Crippen LogP contribution in [0.1, 0.15) is 0 Å². The fourth-order valence-corrected chi connectivity index (χ4v) is 2.77. The third-order valence-electron chi connectivity index (χ3n) is 3.83. The quantitative estimate of drug-likeness (QED) is 0.519. The summed E-state index contributed by atoms with van der Waals surface area (Å²) < 4.78 is 4.80. The molecule has 0 spiro atoms. The van der Waals surface area contributed by atoms with Crippen molar-refractivity contribution in [2.45, 2.75) is 0 Å². The Labute approximate surface area is 129 Å². The molecular formula is C16H10N6O. The molecule has 0 saturated heterocycles. The first-order chi connectivity index (χ1) is 11.4. The van der Waals surface area contributed by atoms with E-state index in [0.717, 1.165) is 27.6 Å². The highest BCUT2D eigenvalue weighted by molar-refractivity contribution is 6.08. The van der Waals surface area contributed by atoms with E-state index in [1.165, 1.54) is 0 Å². The van der Waals surface area contributed by atoms with Crippen LogP contribution in [0.4, 0.5) is 11.5 Å². The maximum atomic E-state index is 4.80. The molecule has 7 nitrogen and oxygen atoms in total. The van der Waals surface area contributed by atoms with Gasteiger partial charge in [0.2, 0.25) is 0 Å². The zero-order chi connectivity index (χ0) is 15.2. The van der Waals surface area contributed by atoms with Crippen LogP contribution in [0, 0.1) is 0 Å². The van der Waals surface area contributed by atoms with E-state index in [-0.39, 0.29) is 0 Å². The van der Waals surface area contributed by atoms with Crippen LogP contribution in [-0.4, -0.2) is 25.3 Å². The molecule has 7 heteroatoms. The first-order valence-electron chi connectivity index (χ1n) is 7.10. The van der Waals surface area contributed by atoms with E-state index >= 15 is 0 Å². The molecule has 23 heavy (non-hydrogen) atoms. The van der Waals surface area contributed by atoms with Crippen LogP contribution in [0.2, 0.25) is 0 Å². The van der Waals surface area contributed by atoms with E-state index in [0.29, 0.717) is 16.9 Å². The van der Waals surface area contributed by atoms with Crippen molar-refractivity contribution in [1.82, 2.24) is 25.3 Å². The fraction of sp³-hybridized carbons (Fsp3) is 0. The first kappa shape index (κ1) is 12.1. The molecule has 0 amide bonds.